The number of allylic oxidation sites excluding steroid dienone is 1. The Balaban J connectivity index is 0.000000180. The van der Waals surface area contributed by atoms with Crippen molar-refractivity contribution in [3.05, 3.63) is 155 Å². The highest BCUT2D eigenvalue weighted by Gasteiger charge is 2.45. The smallest absolute Gasteiger partial charge is 0.282 e. The first-order valence-electron chi connectivity index (χ1n) is 22.8. The third-order valence-electron chi connectivity index (χ3n) is 12.9. The normalized spacial score (nSPS) is 16.1. The quantitative estimate of drug-likeness (QED) is 0.0810. The Kier molecular flexibility index (Phi) is 19.2. The Labute approximate surface area is 450 Å². The molecular formula is C50H53Cl6F4N9O4. The molecule has 6 aromatic rings. The highest BCUT2D eigenvalue weighted by molar-refractivity contribution is 6.56. The fourth-order valence-electron chi connectivity index (χ4n) is 9.02. The van der Waals surface area contributed by atoms with Gasteiger partial charge in [0.2, 0.25) is 0 Å². The first kappa shape index (κ1) is 57.6. The van der Waals surface area contributed by atoms with Gasteiger partial charge in [-0.05, 0) is 103 Å². The van der Waals surface area contributed by atoms with E-state index in [1.54, 1.807) is 24.0 Å². The lowest BCUT2D eigenvalue weighted by molar-refractivity contribution is -0.119. The second kappa shape index (κ2) is 24.3. The minimum atomic E-state index is -2.88. The van der Waals surface area contributed by atoms with Crippen LogP contribution in [0.4, 0.5) is 23.2 Å². The molecule has 2 amide bonds. The molecule has 73 heavy (non-hydrogen) atoms. The van der Waals surface area contributed by atoms with E-state index in [1.807, 2.05) is 57.2 Å². The Bertz CT molecular complexity index is 2900. The van der Waals surface area contributed by atoms with Crippen LogP contribution in [0.3, 0.4) is 0 Å². The Morgan fingerprint density at radius 3 is 2.01 bits per heavy atom. The third kappa shape index (κ3) is 13.6. The van der Waals surface area contributed by atoms with Crippen molar-refractivity contribution < 1.29 is 37.1 Å². The minimum Gasteiger partial charge on any atom is -0.387 e. The molecule has 3 aromatic carbocycles. The maximum Gasteiger partial charge on any atom is 0.282 e. The molecule has 3 aromatic heterocycles. The number of hydrogen-bond donors (Lipinski definition) is 2. The van der Waals surface area contributed by atoms with Gasteiger partial charge in [-0.2, -0.15) is 15.3 Å². The average molecular weight is 1130 g/mol. The molecule has 0 aliphatic heterocycles. The fraction of sp³-hybridized carbons (Fsp3) is 0.400. The molecule has 2 unspecified atom stereocenters. The van der Waals surface area contributed by atoms with Crippen molar-refractivity contribution in [2.24, 2.45) is 19.5 Å². The molecule has 392 valence electrons. The number of aliphatic hydroxyl groups is 1. The van der Waals surface area contributed by atoms with Gasteiger partial charge < -0.3 is 10.4 Å². The summed E-state index contributed by atoms with van der Waals surface area (Å²) in [7, 11) is 4.23. The van der Waals surface area contributed by atoms with E-state index in [4.69, 9.17) is 74.4 Å². The van der Waals surface area contributed by atoms with Crippen molar-refractivity contribution >= 4 is 87.1 Å². The van der Waals surface area contributed by atoms with E-state index in [-0.39, 0.29) is 39.3 Å². The molecule has 2 aliphatic rings. The van der Waals surface area contributed by atoms with E-state index < -0.39 is 47.7 Å². The number of aryl methyl sites for hydroxylation is 3. The number of halogens is 10. The summed E-state index contributed by atoms with van der Waals surface area (Å²) in [6.45, 7) is 8.26. The Morgan fingerprint density at radius 2 is 1.47 bits per heavy atom. The summed E-state index contributed by atoms with van der Waals surface area (Å²) in [5, 5.41) is 28.1. The maximum atomic E-state index is 13.1. The first-order valence-corrected chi connectivity index (χ1v) is 25.0. The predicted octanol–water partition coefficient (Wildman–Crippen LogP) is 13.6. The highest BCUT2D eigenvalue weighted by atomic mass is 35.5. The van der Waals surface area contributed by atoms with Crippen LogP contribution in [0.1, 0.15) is 126 Å². The van der Waals surface area contributed by atoms with Gasteiger partial charge in [0, 0.05) is 64.1 Å². The van der Waals surface area contributed by atoms with Crippen LogP contribution >= 0.6 is 69.6 Å². The largest absolute Gasteiger partial charge is 0.387 e. The number of aromatic nitrogens is 7. The monoisotopic (exact) mass is 1130 g/mol. The average Bonchev–Trinajstić information content (AvgIpc) is 4.18. The number of amides is 2. The SMILES string of the molecule is CC(C)(C)C(O)(CCc1ccc(Cl)cc1)Cn1cncn1.CON(C(=O)c1cn(C)nc1C(F)F)C(C)Cc1c(Cl)cc(Cl)cc1Cl.Cn1cc(C(=O)Nc2cccc3c2[C@H]2CC[C@@H]3C2=C(Cl)Cl)c(C(F)F)n1. The molecular weight excluding hydrogens is 1080 g/mol. The van der Waals surface area contributed by atoms with Gasteiger partial charge in [0.05, 0.1) is 36.4 Å². The van der Waals surface area contributed by atoms with Gasteiger partial charge in [0.1, 0.15) is 28.5 Å². The molecule has 0 saturated heterocycles. The number of carbonyl (C=O) groups excluding carboxylic acids is 2. The zero-order valence-electron chi connectivity index (χ0n) is 40.7. The molecule has 2 aliphatic carbocycles. The topological polar surface area (TPSA) is 145 Å². The second-order valence-corrected chi connectivity index (χ2v) is 21.3. The van der Waals surface area contributed by atoms with E-state index in [0.29, 0.717) is 39.3 Å². The molecule has 2 N–H and O–H groups in total. The van der Waals surface area contributed by atoms with Crippen molar-refractivity contribution in [3.8, 4) is 0 Å². The van der Waals surface area contributed by atoms with Crippen molar-refractivity contribution in [3.63, 3.8) is 0 Å². The molecule has 23 heteroatoms. The molecule has 3 heterocycles. The number of carbonyl (C=O) groups is 2. The van der Waals surface area contributed by atoms with E-state index in [1.165, 1.54) is 62.3 Å². The lowest BCUT2D eigenvalue weighted by Gasteiger charge is -2.40. The zero-order chi connectivity index (χ0) is 53.7. The number of fused-ring (bicyclic) bond motifs is 5. The number of anilines is 1. The number of rotatable bonds is 14. The standard InChI is InChI=1S/C18H15Cl2F2N3O.C16H16Cl3F2N3O2.C16H22ClN3O/c1-25-7-11(15(24-25)17(21)22)18(26)23-12-4-2-3-8-9-5-6-10(13(8)12)14(9)16(19)20;1-8(4-10-12(18)5-9(17)6-13(10)19)24(26-3)16(25)11-7-23(2)22-14(11)15(20)21;1-15(2,3)16(21,10-20-12-18-11-19-20)9-8-13-4-6-14(17)7-5-13/h2-4,7,9-10,17H,5-6H2,1H3,(H,23,26);5-8,15H,4H2,1-3H3;4-7,11-12,21H,8-10H2,1-3H3/t9-,10+;;/m0../s1. The first-order chi connectivity index (χ1) is 34.3. The van der Waals surface area contributed by atoms with Crippen LogP contribution < -0.4 is 5.32 Å². The molecule has 0 radical (unpaired) electrons. The maximum absolute atomic E-state index is 13.1. The summed E-state index contributed by atoms with van der Waals surface area (Å²) in [5.41, 5.74) is 2.79. The molecule has 8 rings (SSSR count). The van der Waals surface area contributed by atoms with Crippen molar-refractivity contribution in [2.45, 2.75) is 103 Å². The Hall–Kier alpha value is -4.72. The number of benzene rings is 3. The minimum absolute atomic E-state index is 0.0555. The Morgan fingerprint density at radius 1 is 0.877 bits per heavy atom. The zero-order valence-corrected chi connectivity index (χ0v) is 45.2. The number of hydrogen-bond acceptors (Lipinski definition) is 8. The summed E-state index contributed by atoms with van der Waals surface area (Å²) in [6, 6.07) is 15.9. The van der Waals surface area contributed by atoms with Gasteiger partial charge in [0.15, 0.2) is 0 Å². The van der Waals surface area contributed by atoms with Crippen molar-refractivity contribution in [2.75, 3.05) is 12.4 Å². The lowest BCUT2D eigenvalue weighted by atomic mass is 9.73. The van der Waals surface area contributed by atoms with E-state index in [0.717, 1.165) is 50.7 Å². The van der Waals surface area contributed by atoms with Crippen LogP contribution in [0.25, 0.3) is 0 Å². The van der Waals surface area contributed by atoms with Gasteiger partial charge in [-0.1, -0.05) is 115 Å². The molecule has 2 bridgehead atoms. The lowest BCUT2D eigenvalue weighted by Crippen LogP contribution is -2.47. The van der Waals surface area contributed by atoms with Crippen LogP contribution in [0.5, 0.6) is 0 Å². The third-order valence-corrected chi connectivity index (χ3v) is 14.4. The molecule has 1 fully saturated rings. The number of nitrogens with zero attached hydrogens (tertiary/aromatic N) is 8. The molecule has 4 atom stereocenters. The fourth-order valence-corrected chi connectivity index (χ4v) is 10.6. The van der Waals surface area contributed by atoms with Gasteiger partial charge in [0.25, 0.3) is 24.7 Å². The van der Waals surface area contributed by atoms with Crippen LogP contribution in [0.2, 0.25) is 20.1 Å². The van der Waals surface area contributed by atoms with Gasteiger partial charge >= 0.3 is 0 Å². The van der Waals surface area contributed by atoms with Crippen molar-refractivity contribution in [1.82, 2.24) is 39.4 Å². The molecule has 1 saturated carbocycles. The van der Waals surface area contributed by atoms with E-state index >= 15 is 0 Å². The van der Waals surface area contributed by atoms with Crippen molar-refractivity contribution in [1.29, 1.82) is 0 Å². The second-order valence-electron chi connectivity index (χ2n) is 18.7. The summed E-state index contributed by atoms with van der Waals surface area (Å²) in [4.78, 5) is 34.4. The summed E-state index contributed by atoms with van der Waals surface area (Å²) >= 11 is 36.3. The van der Waals surface area contributed by atoms with Crippen LogP contribution in [0.15, 0.2) is 89.7 Å². The van der Waals surface area contributed by atoms with Crippen LogP contribution in [0, 0.1) is 5.41 Å². The van der Waals surface area contributed by atoms with Gasteiger partial charge in [-0.25, -0.2) is 27.6 Å². The van der Waals surface area contributed by atoms with Gasteiger partial charge in [-0.15, -0.1) is 0 Å². The molecule has 13 nitrogen and oxygen atoms in total. The number of nitrogens with one attached hydrogen (secondary N) is 1. The van der Waals surface area contributed by atoms with E-state index in [2.05, 4.69) is 25.6 Å². The van der Waals surface area contributed by atoms with Crippen LogP contribution in [-0.2, 0) is 38.3 Å². The number of hydroxylamine groups is 2. The summed E-state index contributed by atoms with van der Waals surface area (Å²) < 4.78 is 56.8. The van der Waals surface area contributed by atoms with Crippen LogP contribution in [-0.4, -0.2) is 75.1 Å². The highest BCUT2D eigenvalue weighted by Crippen LogP contribution is 2.60. The van der Waals surface area contributed by atoms with E-state index in [9.17, 15) is 32.3 Å². The van der Waals surface area contributed by atoms with Gasteiger partial charge in [-0.3, -0.25) is 28.5 Å². The predicted molar refractivity (Wildman–Crippen MR) is 276 cm³/mol. The molecule has 0 spiro atoms. The summed E-state index contributed by atoms with van der Waals surface area (Å²) in [5.74, 6) is -1.12. The number of alkyl halides is 4. The summed E-state index contributed by atoms with van der Waals surface area (Å²) in [6.07, 6.45) is 3.49.